The Hall–Kier alpha value is -2.10. The van der Waals surface area contributed by atoms with Crippen LogP contribution in [0.5, 0.6) is 0 Å². The van der Waals surface area contributed by atoms with Crippen molar-refractivity contribution in [3.8, 4) is 0 Å². The number of aromatic nitrogens is 2. The number of imidazole rings is 1. The first kappa shape index (κ1) is 14.3. The molecule has 1 aromatic carbocycles. The summed E-state index contributed by atoms with van der Waals surface area (Å²) >= 11 is 0. The minimum atomic E-state index is 0.0916. The van der Waals surface area contributed by atoms with E-state index in [4.69, 9.17) is 0 Å². The van der Waals surface area contributed by atoms with Gasteiger partial charge in [-0.3, -0.25) is 4.79 Å². The second-order valence-corrected chi connectivity index (χ2v) is 5.24. The summed E-state index contributed by atoms with van der Waals surface area (Å²) < 4.78 is 1.96. The standard InChI is InChI=1S/C16H21N3O/c1-13(15-6-4-3-5-7-15)10-16(20)18-14(2)11-19-9-8-17-12-19/h3-9,12-14H,10-11H2,1-2H3,(H,18,20)/t13-,14-/m1/s1. The molecule has 0 saturated carbocycles. The molecule has 20 heavy (non-hydrogen) atoms. The minimum absolute atomic E-state index is 0.0916. The van der Waals surface area contributed by atoms with Crippen molar-refractivity contribution in [1.29, 1.82) is 0 Å². The van der Waals surface area contributed by atoms with Crippen LogP contribution in [0.2, 0.25) is 0 Å². The van der Waals surface area contributed by atoms with Crippen LogP contribution in [0.15, 0.2) is 49.1 Å². The van der Waals surface area contributed by atoms with E-state index in [2.05, 4.69) is 29.4 Å². The molecule has 0 fully saturated rings. The highest BCUT2D eigenvalue weighted by Crippen LogP contribution is 2.18. The molecular formula is C16H21N3O. The van der Waals surface area contributed by atoms with E-state index < -0.39 is 0 Å². The van der Waals surface area contributed by atoms with Crippen molar-refractivity contribution in [3.63, 3.8) is 0 Å². The first-order chi connectivity index (χ1) is 9.65. The van der Waals surface area contributed by atoms with Crippen molar-refractivity contribution in [2.75, 3.05) is 0 Å². The van der Waals surface area contributed by atoms with Crippen LogP contribution in [0, 0.1) is 0 Å². The Bertz CT molecular complexity index is 522. The molecule has 0 bridgehead atoms. The number of benzene rings is 1. The van der Waals surface area contributed by atoms with E-state index in [0.29, 0.717) is 6.42 Å². The highest BCUT2D eigenvalue weighted by atomic mass is 16.1. The normalized spacial score (nSPS) is 13.7. The summed E-state index contributed by atoms with van der Waals surface area (Å²) in [6.07, 6.45) is 5.91. The lowest BCUT2D eigenvalue weighted by atomic mass is 9.97. The van der Waals surface area contributed by atoms with Gasteiger partial charge in [-0.1, -0.05) is 37.3 Å². The van der Waals surface area contributed by atoms with E-state index in [0.717, 1.165) is 6.54 Å². The molecule has 0 aliphatic rings. The van der Waals surface area contributed by atoms with Gasteiger partial charge in [0.25, 0.3) is 0 Å². The quantitative estimate of drug-likeness (QED) is 0.877. The van der Waals surface area contributed by atoms with Crippen LogP contribution in [-0.2, 0) is 11.3 Å². The van der Waals surface area contributed by atoms with Crippen LogP contribution in [0.3, 0.4) is 0 Å². The van der Waals surface area contributed by atoms with Crippen LogP contribution >= 0.6 is 0 Å². The van der Waals surface area contributed by atoms with Crippen LogP contribution < -0.4 is 5.32 Å². The molecule has 0 spiro atoms. The molecule has 0 aliphatic heterocycles. The van der Waals surface area contributed by atoms with Gasteiger partial charge < -0.3 is 9.88 Å². The number of carbonyl (C=O) groups is 1. The number of hydrogen-bond donors (Lipinski definition) is 1. The van der Waals surface area contributed by atoms with Gasteiger partial charge in [0.1, 0.15) is 0 Å². The van der Waals surface area contributed by atoms with Crippen molar-refractivity contribution >= 4 is 5.91 Å². The van der Waals surface area contributed by atoms with Gasteiger partial charge >= 0.3 is 0 Å². The Labute approximate surface area is 119 Å². The summed E-state index contributed by atoms with van der Waals surface area (Å²) in [5.74, 6) is 0.325. The zero-order valence-electron chi connectivity index (χ0n) is 12.0. The van der Waals surface area contributed by atoms with Gasteiger partial charge in [-0.25, -0.2) is 4.98 Å². The van der Waals surface area contributed by atoms with Crippen LogP contribution in [0.1, 0.15) is 31.7 Å². The molecule has 4 nitrogen and oxygen atoms in total. The predicted octanol–water partition coefficient (Wildman–Crippen LogP) is 2.58. The molecule has 1 heterocycles. The third-order valence-corrected chi connectivity index (χ3v) is 3.31. The van der Waals surface area contributed by atoms with Crippen molar-refractivity contribution < 1.29 is 4.79 Å². The Balaban J connectivity index is 1.80. The fraction of sp³-hybridized carbons (Fsp3) is 0.375. The number of nitrogens with one attached hydrogen (secondary N) is 1. The summed E-state index contributed by atoms with van der Waals surface area (Å²) in [7, 11) is 0. The van der Waals surface area contributed by atoms with Crippen molar-refractivity contribution in [2.45, 2.75) is 38.8 Å². The largest absolute Gasteiger partial charge is 0.352 e. The number of amides is 1. The van der Waals surface area contributed by atoms with Crippen molar-refractivity contribution in [3.05, 3.63) is 54.6 Å². The lowest BCUT2D eigenvalue weighted by Crippen LogP contribution is -2.35. The molecule has 0 unspecified atom stereocenters. The molecule has 4 heteroatoms. The van der Waals surface area contributed by atoms with E-state index in [1.807, 2.05) is 35.9 Å². The maximum atomic E-state index is 12.0. The van der Waals surface area contributed by atoms with Gasteiger partial charge in [0.2, 0.25) is 5.91 Å². The van der Waals surface area contributed by atoms with Crippen molar-refractivity contribution in [1.82, 2.24) is 14.9 Å². The topological polar surface area (TPSA) is 46.9 Å². The van der Waals surface area contributed by atoms with E-state index in [1.54, 1.807) is 12.5 Å². The van der Waals surface area contributed by atoms with Gasteiger partial charge in [0.05, 0.1) is 6.33 Å². The average Bonchev–Trinajstić information content (AvgIpc) is 2.92. The van der Waals surface area contributed by atoms with E-state index >= 15 is 0 Å². The molecule has 2 rings (SSSR count). The third kappa shape index (κ3) is 4.23. The Morgan fingerprint density at radius 1 is 1.30 bits per heavy atom. The fourth-order valence-electron chi connectivity index (χ4n) is 2.27. The summed E-state index contributed by atoms with van der Waals surface area (Å²) in [5, 5.41) is 3.03. The minimum Gasteiger partial charge on any atom is -0.352 e. The average molecular weight is 271 g/mol. The van der Waals surface area contributed by atoms with E-state index in [9.17, 15) is 4.79 Å². The van der Waals surface area contributed by atoms with Gasteiger partial charge in [0.15, 0.2) is 0 Å². The van der Waals surface area contributed by atoms with Crippen molar-refractivity contribution in [2.24, 2.45) is 0 Å². The maximum absolute atomic E-state index is 12.0. The highest BCUT2D eigenvalue weighted by Gasteiger charge is 2.13. The summed E-state index contributed by atoms with van der Waals surface area (Å²) in [5.41, 5.74) is 1.20. The molecular weight excluding hydrogens is 250 g/mol. The maximum Gasteiger partial charge on any atom is 0.220 e. The number of nitrogens with zero attached hydrogens (tertiary/aromatic N) is 2. The fourth-order valence-corrected chi connectivity index (χ4v) is 2.27. The molecule has 2 aromatic rings. The smallest absolute Gasteiger partial charge is 0.220 e. The van der Waals surface area contributed by atoms with Crippen LogP contribution in [0.25, 0.3) is 0 Å². The van der Waals surface area contributed by atoms with Gasteiger partial charge in [-0.15, -0.1) is 0 Å². The zero-order chi connectivity index (χ0) is 14.4. The molecule has 1 N–H and O–H groups in total. The summed E-state index contributed by atoms with van der Waals surface area (Å²) in [6.45, 7) is 4.83. The monoisotopic (exact) mass is 271 g/mol. The molecule has 1 aromatic heterocycles. The molecule has 2 atom stereocenters. The van der Waals surface area contributed by atoms with E-state index in [-0.39, 0.29) is 17.9 Å². The number of hydrogen-bond acceptors (Lipinski definition) is 2. The SMILES string of the molecule is C[C@H](Cn1ccnc1)NC(=O)C[C@@H](C)c1ccccc1. The lowest BCUT2D eigenvalue weighted by Gasteiger charge is -2.17. The summed E-state index contributed by atoms with van der Waals surface area (Å²) in [4.78, 5) is 16.0. The number of carbonyl (C=O) groups excluding carboxylic acids is 1. The molecule has 0 saturated heterocycles. The summed E-state index contributed by atoms with van der Waals surface area (Å²) in [6, 6.07) is 10.2. The molecule has 0 radical (unpaired) electrons. The highest BCUT2D eigenvalue weighted by molar-refractivity contribution is 5.77. The Kier molecular flexibility index (Phi) is 4.93. The molecule has 106 valence electrons. The Morgan fingerprint density at radius 2 is 2.05 bits per heavy atom. The first-order valence-electron chi connectivity index (χ1n) is 6.95. The van der Waals surface area contributed by atoms with Crippen LogP contribution in [0.4, 0.5) is 0 Å². The number of rotatable bonds is 6. The van der Waals surface area contributed by atoms with Gasteiger partial charge in [-0.05, 0) is 18.4 Å². The zero-order valence-corrected chi connectivity index (χ0v) is 12.0. The van der Waals surface area contributed by atoms with Gasteiger partial charge in [0, 0.05) is 31.4 Å². The van der Waals surface area contributed by atoms with Gasteiger partial charge in [-0.2, -0.15) is 0 Å². The van der Waals surface area contributed by atoms with Crippen LogP contribution in [-0.4, -0.2) is 21.5 Å². The Morgan fingerprint density at radius 3 is 2.70 bits per heavy atom. The first-order valence-corrected chi connectivity index (χ1v) is 6.95. The lowest BCUT2D eigenvalue weighted by molar-refractivity contribution is -0.122. The van der Waals surface area contributed by atoms with E-state index in [1.165, 1.54) is 5.56 Å². The predicted molar refractivity (Wildman–Crippen MR) is 79.3 cm³/mol. The second-order valence-electron chi connectivity index (χ2n) is 5.24. The molecule has 1 amide bonds. The second kappa shape index (κ2) is 6.89. The third-order valence-electron chi connectivity index (χ3n) is 3.31. The molecule has 0 aliphatic carbocycles.